The third-order valence-electron chi connectivity index (χ3n) is 4.93. The van der Waals surface area contributed by atoms with E-state index in [1.807, 2.05) is 78.7 Å². The molecule has 0 bridgehead atoms. The molecule has 1 saturated heterocycles. The molecule has 0 saturated carbocycles. The molecule has 0 amide bonds. The Morgan fingerprint density at radius 3 is 2.32 bits per heavy atom. The van der Waals surface area contributed by atoms with E-state index in [2.05, 4.69) is 15.3 Å². The molecule has 0 spiro atoms. The second-order valence-electron chi connectivity index (χ2n) is 6.96. The molecule has 2 heterocycles. The Labute approximate surface area is 165 Å². The molecular formula is C21H22N4O2S. The normalized spacial score (nSPS) is 18.0. The lowest BCUT2D eigenvalue weighted by atomic mass is 10.1. The summed E-state index contributed by atoms with van der Waals surface area (Å²) >= 11 is 0. The van der Waals surface area contributed by atoms with Crippen molar-refractivity contribution in [2.24, 2.45) is 0 Å². The monoisotopic (exact) mass is 394 g/mol. The predicted molar refractivity (Wildman–Crippen MR) is 113 cm³/mol. The molecular weight excluding hydrogens is 372 g/mol. The van der Waals surface area contributed by atoms with Crippen molar-refractivity contribution in [3.05, 3.63) is 66.7 Å². The minimum absolute atomic E-state index is 0.0758. The summed E-state index contributed by atoms with van der Waals surface area (Å²) in [5.41, 5.74) is 2.66. The van der Waals surface area contributed by atoms with Gasteiger partial charge >= 0.3 is 0 Å². The van der Waals surface area contributed by atoms with E-state index < -0.39 is 9.84 Å². The molecule has 0 radical (unpaired) electrons. The van der Waals surface area contributed by atoms with Crippen molar-refractivity contribution in [1.82, 2.24) is 9.97 Å². The predicted octanol–water partition coefficient (Wildman–Crippen LogP) is 3.51. The molecule has 1 aliphatic heterocycles. The number of rotatable bonds is 5. The summed E-state index contributed by atoms with van der Waals surface area (Å²) in [5, 5.41) is 3.25. The van der Waals surface area contributed by atoms with E-state index in [0.29, 0.717) is 18.2 Å². The largest absolute Gasteiger partial charge is 0.355 e. The fraction of sp³-hybridized carbons (Fsp3) is 0.238. The van der Waals surface area contributed by atoms with Gasteiger partial charge in [0, 0.05) is 30.4 Å². The topological polar surface area (TPSA) is 75.2 Å². The van der Waals surface area contributed by atoms with Gasteiger partial charge in [-0.05, 0) is 18.6 Å². The van der Waals surface area contributed by atoms with Crippen molar-refractivity contribution >= 4 is 27.3 Å². The second-order valence-corrected chi connectivity index (χ2v) is 9.19. The third kappa shape index (κ3) is 4.14. The van der Waals surface area contributed by atoms with Gasteiger partial charge in [-0.25, -0.2) is 13.4 Å². The Kier molecular flexibility index (Phi) is 5.00. The summed E-state index contributed by atoms with van der Waals surface area (Å²) in [6, 6.07) is 21.5. The molecule has 1 aliphatic rings. The van der Waals surface area contributed by atoms with Crippen LogP contribution >= 0.6 is 0 Å². The minimum Gasteiger partial charge on any atom is -0.355 e. The molecule has 1 aromatic heterocycles. The van der Waals surface area contributed by atoms with Crippen molar-refractivity contribution in [1.29, 1.82) is 0 Å². The van der Waals surface area contributed by atoms with Crippen LogP contribution < -0.4 is 10.2 Å². The van der Waals surface area contributed by atoms with Crippen LogP contribution in [-0.2, 0) is 9.84 Å². The average Bonchev–Trinajstić information content (AvgIpc) is 3.08. The number of hydrogen-bond donors (Lipinski definition) is 1. The quantitative estimate of drug-likeness (QED) is 0.714. The van der Waals surface area contributed by atoms with E-state index >= 15 is 0 Å². The van der Waals surface area contributed by atoms with Crippen molar-refractivity contribution in [2.45, 2.75) is 12.5 Å². The maximum Gasteiger partial charge on any atom is 0.229 e. The number of benzene rings is 2. The SMILES string of the molecule is CN(c1cc(-c2ccccc2)nc(Nc2ccccc2)n1)C1CCS(=O)(=O)C1. The Balaban J connectivity index is 1.71. The zero-order chi connectivity index (χ0) is 19.6. The molecule has 6 nitrogen and oxygen atoms in total. The van der Waals surface area contributed by atoms with E-state index in [4.69, 9.17) is 0 Å². The minimum atomic E-state index is -2.97. The van der Waals surface area contributed by atoms with Gasteiger partial charge in [0.1, 0.15) is 5.82 Å². The molecule has 2 aromatic carbocycles. The lowest BCUT2D eigenvalue weighted by Gasteiger charge is -2.25. The number of anilines is 3. The van der Waals surface area contributed by atoms with E-state index in [9.17, 15) is 8.42 Å². The summed E-state index contributed by atoms with van der Waals surface area (Å²) in [6.07, 6.45) is 0.616. The lowest BCUT2D eigenvalue weighted by molar-refractivity contribution is 0.600. The highest BCUT2D eigenvalue weighted by molar-refractivity contribution is 7.91. The maximum atomic E-state index is 11.9. The van der Waals surface area contributed by atoms with Crippen LogP contribution in [0.15, 0.2) is 66.7 Å². The number of para-hydroxylation sites is 1. The molecule has 0 aliphatic carbocycles. The van der Waals surface area contributed by atoms with Gasteiger partial charge in [0.25, 0.3) is 0 Å². The van der Waals surface area contributed by atoms with E-state index in [1.165, 1.54) is 0 Å². The van der Waals surface area contributed by atoms with E-state index in [1.54, 1.807) is 0 Å². The van der Waals surface area contributed by atoms with Gasteiger partial charge in [-0.3, -0.25) is 0 Å². The molecule has 1 fully saturated rings. The van der Waals surface area contributed by atoms with E-state index in [0.717, 1.165) is 16.9 Å². The first-order chi connectivity index (χ1) is 13.5. The number of sulfone groups is 1. The van der Waals surface area contributed by atoms with Crippen LogP contribution in [0.4, 0.5) is 17.5 Å². The lowest BCUT2D eigenvalue weighted by Crippen LogP contribution is -2.33. The number of nitrogens with zero attached hydrogens (tertiary/aromatic N) is 3. The first kappa shape index (κ1) is 18.4. The summed E-state index contributed by atoms with van der Waals surface area (Å²) < 4.78 is 23.8. The first-order valence-electron chi connectivity index (χ1n) is 9.20. The first-order valence-corrected chi connectivity index (χ1v) is 11.0. The van der Waals surface area contributed by atoms with Gasteiger partial charge in [0.2, 0.25) is 5.95 Å². The zero-order valence-electron chi connectivity index (χ0n) is 15.6. The molecule has 7 heteroatoms. The van der Waals surface area contributed by atoms with E-state index in [-0.39, 0.29) is 17.5 Å². The van der Waals surface area contributed by atoms with Crippen molar-refractivity contribution in [3.8, 4) is 11.3 Å². The smallest absolute Gasteiger partial charge is 0.229 e. The van der Waals surface area contributed by atoms with Crippen LogP contribution in [0.1, 0.15) is 6.42 Å². The molecule has 3 aromatic rings. The molecule has 1 atom stereocenters. The van der Waals surface area contributed by atoms with Crippen molar-refractivity contribution < 1.29 is 8.42 Å². The van der Waals surface area contributed by atoms with Gasteiger partial charge in [0.05, 0.1) is 17.2 Å². The summed E-state index contributed by atoms with van der Waals surface area (Å²) in [4.78, 5) is 11.3. The number of aromatic nitrogens is 2. The Morgan fingerprint density at radius 2 is 1.68 bits per heavy atom. The summed E-state index contributed by atoms with van der Waals surface area (Å²) in [7, 11) is -1.07. The van der Waals surface area contributed by atoms with Crippen molar-refractivity contribution in [3.63, 3.8) is 0 Å². The van der Waals surface area contributed by atoms with Gasteiger partial charge in [-0.1, -0.05) is 48.5 Å². The Hall–Kier alpha value is -2.93. The number of hydrogen-bond acceptors (Lipinski definition) is 6. The van der Waals surface area contributed by atoms with Crippen LogP contribution in [-0.4, -0.2) is 43.0 Å². The second kappa shape index (κ2) is 7.59. The van der Waals surface area contributed by atoms with Gasteiger partial charge in [0.15, 0.2) is 9.84 Å². The fourth-order valence-corrected chi connectivity index (χ4v) is 5.12. The van der Waals surface area contributed by atoms with Gasteiger partial charge < -0.3 is 10.2 Å². The molecule has 4 rings (SSSR count). The molecule has 1 N–H and O–H groups in total. The fourth-order valence-electron chi connectivity index (χ4n) is 3.35. The van der Waals surface area contributed by atoms with Crippen LogP contribution in [0.2, 0.25) is 0 Å². The van der Waals surface area contributed by atoms with Crippen molar-refractivity contribution in [2.75, 3.05) is 28.8 Å². The van der Waals surface area contributed by atoms with Crippen LogP contribution in [0.25, 0.3) is 11.3 Å². The molecule has 28 heavy (non-hydrogen) atoms. The van der Waals surface area contributed by atoms with Crippen LogP contribution in [0.5, 0.6) is 0 Å². The highest BCUT2D eigenvalue weighted by Crippen LogP contribution is 2.27. The molecule has 1 unspecified atom stereocenters. The molecule has 144 valence electrons. The highest BCUT2D eigenvalue weighted by Gasteiger charge is 2.31. The standard InChI is InChI=1S/C21H22N4O2S/c1-25(18-12-13-28(26,27)15-18)20-14-19(16-8-4-2-5-9-16)23-21(24-20)22-17-10-6-3-7-11-17/h2-11,14,18H,12-13,15H2,1H3,(H,22,23,24). The zero-order valence-corrected chi connectivity index (χ0v) is 16.4. The average molecular weight is 395 g/mol. The Morgan fingerprint density at radius 1 is 1.00 bits per heavy atom. The highest BCUT2D eigenvalue weighted by atomic mass is 32.2. The summed E-state index contributed by atoms with van der Waals surface area (Å²) in [5.74, 6) is 1.58. The number of nitrogens with one attached hydrogen (secondary N) is 1. The van der Waals surface area contributed by atoms with Gasteiger partial charge in [-0.2, -0.15) is 4.98 Å². The maximum absolute atomic E-state index is 11.9. The van der Waals surface area contributed by atoms with Crippen LogP contribution in [0.3, 0.4) is 0 Å². The Bertz CT molecular complexity index is 1060. The summed E-state index contributed by atoms with van der Waals surface area (Å²) in [6.45, 7) is 0. The van der Waals surface area contributed by atoms with Gasteiger partial charge in [-0.15, -0.1) is 0 Å². The third-order valence-corrected chi connectivity index (χ3v) is 6.68. The van der Waals surface area contributed by atoms with Crippen LogP contribution in [0, 0.1) is 0 Å².